The number of nitrogens with zero attached hydrogens (tertiary/aromatic N) is 2. The maximum atomic E-state index is 12.6. The molecule has 1 aromatic carbocycles. The van der Waals surface area contributed by atoms with E-state index in [1.54, 1.807) is 19.1 Å². The zero-order chi connectivity index (χ0) is 18.6. The summed E-state index contributed by atoms with van der Waals surface area (Å²) in [4.78, 5) is 50.5. The molecule has 25 heavy (non-hydrogen) atoms. The highest BCUT2D eigenvalue weighted by Gasteiger charge is 2.44. The second kappa shape index (κ2) is 7.78. The van der Waals surface area contributed by atoms with Crippen molar-refractivity contribution in [2.75, 3.05) is 18.0 Å². The van der Waals surface area contributed by atoms with Gasteiger partial charge in [-0.05, 0) is 32.4 Å². The van der Waals surface area contributed by atoms with E-state index in [0.717, 1.165) is 16.9 Å². The van der Waals surface area contributed by atoms with Gasteiger partial charge in [-0.1, -0.05) is 24.6 Å². The lowest BCUT2D eigenvalue weighted by atomic mass is 10.2. The molecule has 0 bridgehead atoms. The Hall–Kier alpha value is -2.90. The van der Waals surface area contributed by atoms with Gasteiger partial charge in [-0.25, -0.2) is 9.59 Å². The van der Waals surface area contributed by atoms with Crippen molar-refractivity contribution in [1.82, 2.24) is 15.5 Å². The number of carbonyl (C=O) groups excluding carboxylic acids is 4. The minimum atomic E-state index is -0.715. The molecule has 1 aliphatic heterocycles. The van der Waals surface area contributed by atoms with Crippen LogP contribution in [0.5, 0.6) is 0 Å². The van der Waals surface area contributed by atoms with E-state index in [0.29, 0.717) is 12.2 Å². The van der Waals surface area contributed by atoms with E-state index in [-0.39, 0.29) is 0 Å². The first-order valence-electron chi connectivity index (χ1n) is 8.14. The van der Waals surface area contributed by atoms with E-state index in [1.807, 2.05) is 26.0 Å². The maximum Gasteiger partial charge on any atom is 0.332 e. The summed E-state index contributed by atoms with van der Waals surface area (Å²) >= 11 is 0. The number of rotatable bonds is 5. The second-order valence-corrected chi connectivity index (χ2v) is 5.89. The Balaban J connectivity index is 2.05. The third-order valence-electron chi connectivity index (χ3n) is 3.85. The molecule has 1 saturated heterocycles. The van der Waals surface area contributed by atoms with E-state index < -0.39 is 36.5 Å². The first kappa shape index (κ1) is 18.4. The Kier molecular flexibility index (Phi) is 5.74. The average molecular weight is 346 g/mol. The zero-order valence-electron chi connectivity index (χ0n) is 14.5. The van der Waals surface area contributed by atoms with Gasteiger partial charge in [-0.3, -0.25) is 24.7 Å². The number of benzene rings is 1. The van der Waals surface area contributed by atoms with Crippen LogP contribution in [0.2, 0.25) is 0 Å². The van der Waals surface area contributed by atoms with Crippen molar-refractivity contribution in [3.8, 4) is 0 Å². The van der Waals surface area contributed by atoms with Crippen LogP contribution in [0.1, 0.15) is 25.8 Å². The van der Waals surface area contributed by atoms with Gasteiger partial charge < -0.3 is 5.32 Å². The number of hydrogen-bond acceptors (Lipinski definition) is 4. The molecule has 6 amide bonds. The minimum absolute atomic E-state index is 0.429. The van der Waals surface area contributed by atoms with Gasteiger partial charge in [0, 0.05) is 12.2 Å². The lowest BCUT2D eigenvalue weighted by Crippen LogP contribution is -2.46. The van der Waals surface area contributed by atoms with E-state index in [9.17, 15) is 19.2 Å². The van der Waals surface area contributed by atoms with Crippen LogP contribution >= 0.6 is 0 Å². The number of anilines is 1. The van der Waals surface area contributed by atoms with Crippen LogP contribution in [-0.4, -0.2) is 47.9 Å². The molecular weight excluding hydrogens is 324 g/mol. The molecule has 2 rings (SSSR count). The maximum absolute atomic E-state index is 12.6. The monoisotopic (exact) mass is 346 g/mol. The molecular formula is C17H22N4O4. The predicted octanol–water partition coefficient (Wildman–Crippen LogP) is 1.39. The predicted molar refractivity (Wildman–Crippen MR) is 92.1 cm³/mol. The Morgan fingerprint density at radius 3 is 2.40 bits per heavy atom. The summed E-state index contributed by atoms with van der Waals surface area (Å²) in [5.41, 5.74) is 1.61. The molecule has 1 heterocycles. The van der Waals surface area contributed by atoms with E-state index in [1.165, 1.54) is 4.90 Å². The fraction of sp³-hybridized carbons (Fsp3) is 0.412. The molecule has 8 heteroatoms. The highest BCUT2D eigenvalue weighted by atomic mass is 16.2. The van der Waals surface area contributed by atoms with E-state index in [2.05, 4.69) is 10.6 Å². The van der Waals surface area contributed by atoms with Crippen molar-refractivity contribution < 1.29 is 19.2 Å². The summed E-state index contributed by atoms with van der Waals surface area (Å²) in [6, 6.07) is 5.25. The number of hydrogen-bond donors (Lipinski definition) is 2. The molecule has 0 saturated carbocycles. The fourth-order valence-corrected chi connectivity index (χ4v) is 2.50. The van der Waals surface area contributed by atoms with Crippen molar-refractivity contribution in [1.29, 1.82) is 0 Å². The van der Waals surface area contributed by atoms with Crippen LogP contribution in [0.25, 0.3) is 0 Å². The molecule has 134 valence electrons. The molecule has 1 aromatic rings. The van der Waals surface area contributed by atoms with Crippen LogP contribution < -0.4 is 15.5 Å². The Labute approximate surface area is 146 Å². The highest BCUT2D eigenvalue weighted by Crippen LogP contribution is 2.25. The Morgan fingerprint density at radius 1 is 1.16 bits per heavy atom. The SMILES string of the molecule is CCCNC(=O)NC(=O)CN1C(=O)C(C)N(c2ccc(C)cc2)C1=O. The molecule has 0 aliphatic carbocycles. The highest BCUT2D eigenvalue weighted by molar-refractivity contribution is 6.15. The first-order valence-corrected chi connectivity index (χ1v) is 8.14. The Morgan fingerprint density at radius 2 is 1.80 bits per heavy atom. The van der Waals surface area contributed by atoms with Crippen LogP contribution in [0.4, 0.5) is 15.3 Å². The Bertz CT molecular complexity index is 686. The summed E-state index contributed by atoms with van der Waals surface area (Å²) < 4.78 is 0. The van der Waals surface area contributed by atoms with Crippen LogP contribution in [0.3, 0.4) is 0 Å². The molecule has 2 N–H and O–H groups in total. The van der Waals surface area contributed by atoms with Crippen LogP contribution in [0.15, 0.2) is 24.3 Å². The molecule has 8 nitrogen and oxygen atoms in total. The summed E-state index contributed by atoms with van der Waals surface area (Å²) in [7, 11) is 0. The van der Waals surface area contributed by atoms with Crippen molar-refractivity contribution in [3.63, 3.8) is 0 Å². The minimum Gasteiger partial charge on any atom is -0.338 e. The third kappa shape index (κ3) is 4.14. The van der Waals surface area contributed by atoms with E-state index >= 15 is 0 Å². The topological polar surface area (TPSA) is 98.8 Å². The average Bonchev–Trinajstić information content (AvgIpc) is 2.77. The number of aryl methyl sites for hydroxylation is 1. The molecule has 0 radical (unpaired) electrons. The summed E-state index contributed by atoms with van der Waals surface area (Å²) in [5.74, 6) is -1.19. The second-order valence-electron chi connectivity index (χ2n) is 5.89. The standard InChI is InChI=1S/C17H22N4O4/c1-4-9-18-16(24)19-14(22)10-20-15(23)12(3)21(17(20)25)13-7-5-11(2)6-8-13/h5-8,12H,4,9-10H2,1-3H3,(H2,18,19,22,24). The van der Waals surface area contributed by atoms with Crippen molar-refractivity contribution in [2.24, 2.45) is 0 Å². The third-order valence-corrected chi connectivity index (χ3v) is 3.85. The lowest BCUT2D eigenvalue weighted by Gasteiger charge is -2.19. The van der Waals surface area contributed by atoms with Crippen LogP contribution in [0, 0.1) is 6.92 Å². The van der Waals surface area contributed by atoms with Gasteiger partial charge >= 0.3 is 12.1 Å². The van der Waals surface area contributed by atoms with Gasteiger partial charge in [-0.15, -0.1) is 0 Å². The van der Waals surface area contributed by atoms with Crippen LogP contribution in [-0.2, 0) is 9.59 Å². The van der Waals surface area contributed by atoms with Gasteiger partial charge in [0.15, 0.2) is 0 Å². The molecule has 1 fully saturated rings. The summed E-state index contributed by atoms with van der Waals surface area (Å²) in [5, 5.41) is 4.60. The number of amides is 6. The normalized spacial score (nSPS) is 17.0. The fourth-order valence-electron chi connectivity index (χ4n) is 2.50. The van der Waals surface area contributed by atoms with Gasteiger partial charge in [0.2, 0.25) is 5.91 Å². The van der Waals surface area contributed by atoms with Crippen molar-refractivity contribution in [2.45, 2.75) is 33.2 Å². The van der Waals surface area contributed by atoms with Gasteiger partial charge in [0.1, 0.15) is 12.6 Å². The molecule has 1 aliphatic rings. The van der Waals surface area contributed by atoms with Crippen molar-refractivity contribution in [3.05, 3.63) is 29.8 Å². The van der Waals surface area contributed by atoms with Gasteiger partial charge in [0.25, 0.3) is 5.91 Å². The van der Waals surface area contributed by atoms with Gasteiger partial charge in [-0.2, -0.15) is 0 Å². The first-order chi connectivity index (χ1) is 11.8. The molecule has 0 spiro atoms. The number of urea groups is 2. The zero-order valence-corrected chi connectivity index (χ0v) is 14.5. The molecule has 0 aromatic heterocycles. The molecule has 1 atom stereocenters. The number of carbonyl (C=O) groups is 4. The summed E-state index contributed by atoms with van der Waals surface area (Å²) in [6.07, 6.45) is 0.730. The summed E-state index contributed by atoms with van der Waals surface area (Å²) in [6.45, 7) is 5.34. The number of imide groups is 2. The quantitative estimate of drug-likeness (QED) is 0.787. The largest absolute Gasteiger partial charge is 0.338 e. The number of nitrogens with one attached hydrogen (secondary N) is 2. The molecule has 1 unspecified atom stereocenters. The van der Waals surface area contributed by atoms with E-state index in [4.69, 9.17) is 0 Å². The van der Waals surface area contributed by atoms with Gasteiger partial charge in [0.05, 0.1) is 0 Å². The smallest absolute Gasteiger partial charge is 0.332 e. The lowest BCUT2D eigenvalue weighted by molar-refractivity contribution is -0.131. The van der Waals surface area contributed by atoms with Crippen molar-refractivity contribution >= 4 is 29.6 Å².